The number of hydrogen-bond donors (Lipinski definition) is 0. The zero-order valence-corrected chi connectivity index (χ0v) is 10.7. The molecule has 2 aromatic carbocycles. The fraction of sp³-hybridized carbons (Fsp3) is 0.250. The molecule has 19 heavy (non-hydrogen) atoms. The van der Waals surface area contributed by atoms with E-state index in [9.17, 15) is 4.39 Å². The number of ether oxygens (including phenoxy) is 2. The second kappa shape index (κ2) is 5.02. The summed E-state index contributed by atoms with van der Waals surface area (Å²) in [7, 11) is 0. The molecule has 0 aromatic heterocycles. The summed E-state index contributed by atoms with van der Waals surface area (Å²) in [5.41, 5.74) is 3.21. The van der Waals surface area contributed by atoms with Crippen molar-refractivity contribution >= 4 is 0 Å². The molecule has 1 atom stereocenters. The van der Waals surface area contributed by atoms with E-state index in [1.807, 2.05) is 25.1 Å². The Balaban J connectivity index is 1.97. The fourth-order valence-electron chi connectivity index (χ4n) is 2.42. The van der Waals surface area contributed by atoms with Gasteiger partial charge in [0.1, 0.15) is 11.6 Å². The summed E-state index contributed by atoms with van der Waals surface area (Å²) >= 11 is 0. The third kappa shape index (κ3) is 2.34. The second-order valence-electron chi connectivity index (χ2n) is 4.50. The molecule has 0 amide bonds. The Hall–Kier alpha value is -1.87. The molecule has 3 rings (SSSR count). The maximum Gasteiger partial charge on any atom is 0.204 e. The van der Waals surface area contributed by atoms with Gasteiger partial charge < -0.3 is 9.47 Å². The summed E-state index contributed by atoms with van der Waals surface area (Å²) < 4.78 is 24.2. The van der Waals surface area contributed by atoms with Gasteiger partial charge in [-0.05, 0) is 36.2 Å². The lowest BCUT2D eigenvalue weighted by Gasteiger charge is -2.08. The highest BCUT2D eigenvalue weighted by Crippen LogP contribution is 2.37. The van der Waals surface area contributed by atoms with Crippen molar-refractivity contribution in [2.45, 2.75) is 19.6 Å². The van der Waals surface area contributed by atoms with Gasteiger partial charge in [0.2, 0.25) is 6.29 Å². The second-order valence-corrected chi connectivity index (χ2v) is 4.50. The molecule has 2 nitrogen and oxygen atoms in total. The molecule has 1 unspecified atom stereocenters. The maximum atomic E-state index is 13.0. The van der Waals surface area contributed by atoms with Crippen LogP contribution in [0.5, 0.6) is 5.75 Å². The highest BCUT2D eigenvalue weighted by atomic mass is 19.1. The van der Waals surface area contributed by atoms with Crippen LogP contribution in [0.3, 0.4) is 0 Å². The predicted molar refractivity (Wildman–Crippen MR) is 71.6 cm³/mol. The molecule has 98 valence electrons. The van der Waals surface area contributed by atoms with E-state index in [0.717, 1.165) is 28.9 Å². The van der Waals surface area contributed by atoms with Gasteiger partial charge in [0.05, 0.1) is 0 Å². The molecule has 0 fully saturated rings. The third-order valence-corrected chi connectivity index (χ3v) is 3.27. The van der Waals surface area contributed by atoms with Gasteiger partial charge in [-0.2, -0.15) is 0 Å². The number of benzene rings is 2. The highest BCUT2D eigenvalue weighted by molar-refractivity contribution is 5.70. The summed E-state index contributed by atoms with van der Waals surface area (Å²) in [5.74, 6) is 0.639. The van der Waals surface area contributed by atoms with Crippen LogP contribution in [0.25, 0.3) is 11.1 Å². The van der Waals surface area contributed by atoms with E-state index in [-0.39, 0.29) is 12.1 Å². The Morgan fingerprint density at radius 3 is 2.74 bits per heavy atom. The Bertz CT molecular complexity index is 578. The van der Waals surface area contributed by atoms with Crippen LogP contribution in [-0.4, -0.2) is 12.9 Å². The average Bonchev–Trinajstić information content (AvgIpc) is 2.82. The van der Waals surface area contributed by atoms with Crippen molar-refractivity contribution in [1.29, 1.82) is 0 Å². The lowest BCUT2D eigenvalue weighted by Crippen LogP contribution is -2.17. The van der Waals surface area contributed by atoms with Gasteiger partial charge in [0.25, 0.3) is 0 Å². The molecule has 0 aliphatic carbocycles. The van der Waals surface area contributed by atoms with Crippen molar-refractivity contribution in [3.63, 3.8) is 0 Å². The minimum Gasteiger partial charge on any atom is -0.464 e. The average molecular weight is 258 g/mol. The molecule has 0 N–H and O–H groups in total. The molecule has 3 heteroatoms. The van der Waals surface area contributed by atoms with E-state index in [0.29, 0.717) is 6.61 Å². The van der Waals surface area contributed by atoms with Crippen LogP contribution in [-0.2, 0) is 11.2 Å². The molecule has 0 radical (unpaired) electrons. The molecule has 1 heterocycles. The van der Waals surface area contributed by atoms with E-state index in [4.69, 9.17) is 9.47 Å². The van der Waals surface area contributed by atoms with Crippen molar-refractivity contribution < 1.29 is 13.9 Å². The number of fused-ring (bicyclic) bond motifs is 1. The van der Waals surface area contributed by atoms with E-state index in [1.165, 1.54) is 12.1 Å². The van der Waals surface area contributed by atoms with Gasteiger partial charge in [-0.3, -0.25) is 0 Å². The summed E-state index contributed by atoms with van der Waals surface area (Å²) in [6, 6.07) is 12.5. The minimum absolute atomic E-state index is 0.207. The molecular formula is C16H15FO2. The Morgan fingerprint density at radius 1 is 1.21 bits per heavy atom. The third-order valence-electron chi connectivity index (χ3n) is 3.27. The van der Waals surface area contributed by atoms with Crippen molar-refractivity contribution in [2.24, 2.45) is 0 Å². The number of halogens is 1. The molecule has 0 bridgehead atoms. The first-order chi connectivity index (χ1) is 9.28. The lowest BCUT2D eigenvalue weighted by atomic mass is 9.98. The van der Waals surface area contributed by atoms with Crippen LogP contribution in [0, 0.1) is 5.82 Å². The first-order valence-corrected chi connectivity index (χ1v) is 6.44. The summed E-state index contributed by atoms with van der Waals surface area (Å²) in [4.78, 5) is 0. The van der Waals surface area contributed by atoms with E-state index < -0.39 is 0 Å². The van der Waals surface area contributed by atoms with Crippen LogP contribution >= 0.6 is 0 Å². The minimum atomic E-state index is -0.222. The smallest absolute Gasteiger partial charge is 0.204 e. The topological polar surface area (TPSA) is 18.5 Å². The standard InChI is InChI=1S/C16H15FO2/c1-2-18-16-10-14-13(4-3-5-15(14)19-16)11-6-8-12(17)9-7-11/h3-9,16H,2,10H2,1H3. The Labute approximate surface area is 111 Å². The zero-order valence-electron chi connectivity index (χ0n) is 10.7. The normalized spacial score (nSPS) is 17.1. The largest absolute Gasteiger partial charge is 0.464 e. The first kappa shape index (κ1) is 12.2. The number of hydrogen-bond acceptors (Lipinski definition) is 2. The maximum absolute atomic E-state index is 13.0. The summed E-state index contributed by atoms with van der Waals surface area (Å²) in [5, 5.41) is 0. The fourth-order valence-corrected chi connectivity index (χ4v) is 2.42. The number of rotatable bonds is 3. The van der Waals surface area contributed by atoms with Gasteiger partial charge >= 0.3 is 0 Å². The van der Waals surface area contributed by atoms with Gasteiger partial charge in [-0.25, -0.2) is 4.39 Å². The molecule has 0 saturated carbocycles. The van der Waals surface area contributed by atoms with Crippen LogP contribution < -0.4 is 4.74 Å². The molecule has 2 aromatic rings. The van der Waals surface area contributed by atoms with Crippen LogP contribution in [0.2, 0.25) is 0 Å². The van der Waals surface area contributed by atoms with Crippen LogP contribution in [0.15, 0.2) is 42.5 Å². The van der Waals surface area contributed by atoms with Gasteiger partial charge in [0, 0.05) is 18.6 Å². The van der Waals surface area contributed by atoms with Crippen molar-refractivity contribution in [2.75, 3.05) is 6.61 Å². The van der Waals surface area contributed by atoms with Crippen LogP contribution in [0.4, 0.5) is 4.39 Å². The van der Waals surface area contributed by atoms with E-state index in [2.05, 4.69) is 0 Å². The van der Waals surface area contributed by atoms with Crippen molar-refractivity contribution in [3.8, 4) is 16.9 Å². The first-order valence-electron chi connectivity index (χ1n) is 6.44. The van der Waals surface area contributed by atoms with Gasteiger partial charge in [-0.1, -0.05) is 24.3 Å². The molecule has 0 spiro atoms. The monoisotopic (exact) mass is 258 g/mol. The van der Waals surface area contributed by atoms with Crippen molar-refractivity contribution in [1.82, 2.24) is 0 Å². The van der Waals surface area contributed by atoms with Crippen LogP contribution in [0.1, 0.15) is 12.5 Å². The lowest BCUT2D eigenvalue weighted by molar-refractivity contribution is -0.0602. The Kier molecular flexibility index (Phi) is 3.22. The molecule has 0 saturated heterocycles. The molecule has 1 aliphatic heterocycles. The van der Waals surface area contributed by atoms with E-state index >= 15 is 0 Å². The molecular weight excluding hydrogens is 243 g/mol. The van der Waals surface area contributed by atoms with Gasteiger partial charge in [-0.15, -0.1) is 0 Å². The summed E-state index contributed by atoms with van der Waals surface area (Å²) in [6.07, 6.45) is 0.526. The SMILES string of the molecule is CCOC1Cc2c(cccc2-c2ccc(F)cc2)O1. The highest BCUT2D eigenvalue weighted by Gasteiger charge is 2.25. The predicted octanol–water partition coefficient (Wildman–Crippen LogP) is 3.79. The zero-order chi connectivity index (χ0) is 13.2. The summed E-state index contributed by atoms with van der Waals surface area (Å²) in [6.45, 7) is 2.58. The quantitative estimate of drug-likeness (QED) is 0.834. The molecule has 1 aliphatic rings. The van der Waals surface area contributed by atoms with Crippen molar-refractivity contribution in [3.05, 3.63) is 53.8 Å². The van der Waals surface area contributed by atoms with Gasteiger partial charge in [0.15, 0.2) is 0 Å². The van der Waals surface area contributed by atoms with E-state index in [1.54, 1.807) is 12.1 Å². The Morgan fingerprint density at radius 2 is 2.00 bits per heavy atom.